The van der Waals surface area contributed by atoms with Crippen molar-refractivity contribution in [2.45, 2.75) is 52.0 Å². The summed E-state index contributed by atoms with van der Waals surface area (Å²) in [5, 5.41) is 2.96. The molecular formula is C17H24N4O2. The fraction of sp³-hybridized carbons (Fsp3) is 0.647. The van der Waals surface area contributed by atoms with E-state index < -0.39 is 0 Å². The van der Waals surface area contributed by atoms with Crippen LogP contribution in [-0.4, -0.2) is 45.8 Å². The predicted molar refractivity (Wildman–Crippen MR) is 85.9 cm³/mol. The predicted octanol–water partition coefficient (Wildman–Crippen LogP) is 1.61. The maximum absolute atomic E-state index is 12.4. The molecular weight excluding hydrogens is 292 g/mol. The van der Waals surface area contributed by atoms with E-state index >= 15 is 0 Å². The minimum atomic E-state index is -0.146. The molecule has 3 rings (SSSR count). The number of likely N-dealkylation sites (tertiary alicyclic amines) is 1. The van der Waals surface area contributed by atoms with E-state index in [1.54, 1.807) is 0 Å². The summed E-state index contributed by atoms with van der Waals surface area (Å²) in [6.07, 6.45) is 6.72. The molecule has 1 atom stereocenters. The summed E-state index contributed by atoms with van der Waals surface area (Å²) in [6.45, 7) is 4.92. The third-order valence-electron chi connectivity index (χ3n) is 5.01. The van der Waals surface area contributed by atoms with E-state index in [0.29, 0.717) is 36.0 Å². The lowest BCUT2D eigenvalue weighted by molar-refractivity contribution is -0.129. The molecule has 1 N–H and O–H groups in total. The van der Waals surface area contributed by atoms with Gasteiger partial charge in [-0.2, -0.15) is 0 Å². The van der Waals surface area contributed by atoms with Crippen LogP contribution in [0.2, 0.25) is 0 Å². The average molecular weight is 316 g/mol. The highest BCUT2D eigenvalue weighted by Gasteiger charge is 2.35. The van der Waals surface area contributed by atoms with E-state index in [1.165, 1.54) is 19.2 Å². The van der Waals surface area contributed by atoms with Gasteiger partial charge in [0, 0.05) is 31.5 Å². The maximum atomic E-state index is 12.4. The van der Waals surface area contributed by atoms with Crippen molar-refractivity contribution in [1.29, 1.82) is 0 Å². The van der Waals surface area contributed by atoms with Crippen molar-refractivity contribution in [3.63, 3.8) is 0 Å². The van der Waals surface area contributed by atoms with Gasteiger partial charge in [0.05, 0.1) is 17.0 Å². The lowest BCUT2D eigenvalue weighted by Gasteiger charge is -2.24. The quantitative estimate of drug-likeness (QED) is 0.916. The Morgan fingerprint density at radius 2 is 1.91 bits per heavy atom. The maximum Gasteiger partial charge on any atom is 0.254 e. The summed E-state index contributed by atoms with van der Waals surface area (Å²) >= 11 is 0. The molecule has 0 spiro atoms. The van der Waals surface area contributed by atoms with E-state index in [0.717, 1.165) is 19.4 Å². The van der Waals surface area contributed by atoms with Crippen LogP contribution < -0.4 is 5.32 Å². The first-order valence-electron chi connectivity index (χ1n) is 8.42. The normalized spacial score (nSPS) is 21.9. The van der Waals surface area contributed by atoms with Gasteiger partial charge >= 0.3 is 0 Å². The Morgan fingerprint density at radius 3 is 2.57 bits per heavy atom. The first-order valence-corrected chi connectivity index (χ1v) is 8.42. The molecule has 1 saturated heterocycles. The SMILES string of the molecule is Cc1ncnc(C)c1C(=O)NC[C@H]1CC(=O)N(C2CCCC2)C1. The molecule has 23 heavy (non-hydrogen) atoms. The Labute approximate surface area is 136 Å². The minimum Gasteiger partial charge on any atom is -0.352 e. The summed E-state index contributed by atoms with van der Waals surface area (Å²) in [6, 6.07) is 0.426. The molecule has 2 aliphatic rings. The van der Waals surface area contributed by atoms with Gasteiger partial charge in [-0.05, 0) is 26.7 Å². The molecule has 1 saturated carbocycles. The lowest BCUT2D eigenvalue weighted by Crippen LogP contribution is -2.36. The molecule has 6 nitrogen and oxygen atoms in total. The zero-order valence-corrected chi connectivity index (χ0v) is 13.8. The second kappa shape index (κ2) is 6.64. The summed E-state index contributed by atoms with van der Waals surface area (Å²) in [4.78, 5) is 34.8. The average Bonchev–Trinajstić information content (AvgIpc) is 3.14. The van der Waals surface area contributed by atoms with Crippen molar-refractivity contribution in [1.82, 2.24) is 20.2 Å². The number of rotatable bonds is 4. The summed E-state index contributed by atoms with van der Waals surface area (Å²) in [7, 11) is 0. The molecule has 6 heteroatoms. The van der Waals surface area contributed by atoms with Gasteiger partial charge in [0.15, 0.2) is 0 Å². The number of carbonyl (C=O) groups is 2. The van der Waals surface area contributed by atoms with Gasteiger partial charge in [0.1, 0.15) is 6.33 Å². The Morgan fingerprint density at radius 1 is 1.26 bits per heavy atom. The highest BCUT2D eigenvalue weighted by molar-refractivity contribution is 5.96. The van der Waals surface area contributed by atoms with Crippen molar-refractivity contribution in [2.24, 2.45) is 5.92 Å². The van der Waals surface area contributed by atoms with Crippen molar-refractivity contribution in [3.8, 4) is 0 Å². The number of hydrogen-bond acceptors (Lipinski definition) is 4. The molecule has 1 aliphatic heterocycles. The molecule has 1 aromatic heterocycles. The fourth-order valence-corrected chi connectivity index (χ4v) is 3.76. The van der Waals surface area contributed by atoms with Gasteiger partial charge in [0.2, 0.25) is 5.91 Å². The number of carbonyl (C=O) groups excluding carboxylic acids is 2. The first kappa shape index (κ1) is 15.9. The van der Waals surface area contributed by atoms with Gasteiger partial charge in [-0.3, -0.25) is 9.59 Å². The Hall–Kier alpha value is -1.98. The van der Waals surface area contributed by atoms with Crippen LogP contribution in [-0.2, 0) is 4.79 Å². The van der Waals surface area contributed by atoms with Crippen LogP contribution in [0.15, 0.2) is 6.33 Å². The van der Waals surface area contributed by atoms with Crippen LogP contribution >= 0.6 is 0 Å². The number of aromatic nitrogens is 2. The minimum absolute atomic E-state index is 0.146. The van der Waals surface area contributed by atoms with E-state index in [9.17, 15) is 9.59 Å². The standard InChI is InChI=1S/C17H24N4O2/c1-11-16(12(2)20-10-19-11)17(23)18-8-13-7-15(22)21(9-13)14-5-3-4-6-14/h10,13-14H,3-9H2,1-2H3,(H,18,23)/t13-/m1/s1. The monoisotopic (exact) mass is 316 g/mol. The number of aryl methyl sites for hydroxylation is 2. The van der Waals surface area contributed by atoms with Gasteiger partial charge in [-0.15, -0.1) is 0 Å². The third kappa shape index (κ3) is 3.35. The molecule has 2 amide bonds. The summed E-state index contributed by atoms with van der Waals surface area (Å²) < 4.78 is 0. The molecule has 0 aromatic carbocycles. The van der Waals surface area contributed by atoms with E-state index in [4.69, 9.17) is 0 Å². The topological polar surface area (TPSA) is 75.2 Å². The number of nitrogens with zero attached hydrogens (tertiary/aromatic N) is 3. The molecule has 2 fully saturated rings. The zero-order chi connectivity index (χ0) is 16.4. The Bertz CT molecular complexity index is 590. The smallest absolute Gasteiger partial charge is 0.254 e. The zero-order valence-electron chi connectivity index (χ0n) is 13.8. The van der Waals surface area contributed by atoms with Gasteiger partial charge < -0.3 is 10.2 Å². The molecule has 124 valence electrons. The molecule has 1 aromatic rings. The van der Waals surface area contributed by atoms with Crippen LogP contribution in [0, 0.1) is 19.8 Å². The molecule has 0 unspecified atom stereocenters. The second-order valence-corrected chi connectivity index (χ2v) is 6.68. The second-order valence-electron chi connectivity index (χ2n) is 6.68. The molecule has 0 radical (unpaired) electrons. The Balaban J connectivity index is 1.56. The molecule has 1 aliphatic carbocycles. The van der Waals surface area contributed by atoms with Crippen molar-refractivity contribution in [3.05, 3.63) is 23.3 Å². The van der Waals surface area contributed by atoms with E-state index in [1.807, 2.05) is 18.7 Å². The van der Waals surface area contributed by atoms with Crippen molar-refractivity contribution >= 4 is 11.8 Å². The van der Waals surface area contributed by atoms with Gasteiger partial charge in [-0.1, -0.05) is 12.8 Å². The molecule has 0 bridgehead atoms. The fourth-order valence-electron chi connectivity index (χ4n) is 3.76. The van der Waals surface area contributed by atoms with Crippen LogP contribution in [0.25, 0.3) is 0 Å². The van der Waals surface area contributed by atoms with E-state index in [2.05, 4.69) is 15.3 Å². The Kier molecular flexibility index (Phi) is 4.59. The summed E-state index contributed by atoms with van der Waals surface area (Å²) in [5.41, 5.74) is 1.92. The largest absolute Gasteiger partial charge is 0.352 e. The van der Waals surface area contributed by atoms with Crippen LogP contribution in [0.4, 0.5) is 0 Å². The van der Waals surface area contributed by atoms with E-state index in [-0.39, 0.29) is 17.7 Å². The van der Waals surface area contributed by atoms with Gasteiger partial charge in [-0.25, -0.2) is 9.97 Å². The van der Waals surface area contributed by atoms with Crippen molar-refractivity contribution in [2.75, 3.05) is 13.1 Å². The van der Waals surface area contributed by atoms with Gasteiger partial charge in [0.25, 0.3) is 5.91 Å². The first-order chi connectivity index (χ1) is 11.1. The van der Waals surface area contributed by atoms with Crippen molar-refractivity contribution < 1.29 is 9.59 Å². The van der Waals surface area contributed by atoms with Crippen LogP contribution in [0.1, 0.15) is 53.8 Å². The highest BCUT2D eigenvalue weighted by Crippen LogP contribution is 2.29. The van der Waals surface area contributed by atoms with Crippen LogP contribution in [0.5, 0.6) is 0 Å². The van der Waals surface area contributed by atoms with Crippen LogP contribution in [0.3, 0.4) is 0 Å². The lowest BCUT2D eigenvalue weighted by atomic mass is 10.1. The number of nitrogens with one attached hydrogen (secondary N) is 1. The summed E-state index contributed by atoms with van der Waals surface area (Å²) in [5.74, 6) is 0.302. The number of hydrogen-bond donors (Lipinski definition) is 1. The highest BCUT2D eigenvalue weighted by atomic mass is 16.2. The molecule has 2 heterocycles. The number of amides is 2. The third-order valence-corrected chi connectivity index (χ3v) is 5.01.